The van der Waals surface area contributed by atoms with E-state index in [-0.39, 0.29) is 11.1 Å². The van der Waals surface area contributed by atoms with E-state index in [9.17, 15) is 4.79 Å². The highest BCUT2D eigenvalue weighted by Gasteiger charge is 2.09. The number of rotatable bonds is 3. The van der Waals surface area contributed by atoms with Crippen LogP contribution in [-0.4, -0.2) is 17.7 Å². The highest BCUT2D eigenvalue weighted by Crippen LogP contribution is 2.20. The van der Waals surface area contributed by atoms with Crippen molar-refractivity contribution >= 4 is 51.6 Å². The van der Waals surface area contributed by atoms with Gasteiger partial charge in [-0.1, -0.05) is 0 Å². The lowest BCUT2D eigenvalue weighted by Gasteiger charge is -2.08. The third kappa shape index (κ3) is 3.60. The molecule has 0 bridgehead atoms. The number of anilines is 1. The number of ether oxygens (including phenoxy) is 1. The second-order valence-electron chi connectivity index (χ2n) is 2.90. The molecule has 0 aliphatic heterocycles. The van der Waals surface area contributed by atoms with Crippen molar-refractivity contribution in [2.75, 3.05) is 11.9 Å². The van der Waals surface area contributed by atoms with E-state index in [0.29, 0.717) is 12.2 Å². The van der Waals surface area contributed by atoms with Gasteiger partial charge in [-0.25, -0.2) is 4.79 Å². The molecule has 3 N–H and O–H groups in total. The summed E-state index contributed by atoms with van der Waals surface area (Å²) in [7, 11) is 0. The van der Waals surface area contributed by atoms with Crippen molar-refractivity contribution in [1.82, 2.24) is 0 Å². The maximum Gasteiger partial charge on any atom is 0.338 e. The van der Waals surface area contributed by atoms with Crippen LogP contribution in [0.5, 0.6) is 0 Å². The van der Waals surface area contributed by atoms with Crippen LogP contribution in [0.1, 0.15) is 17.3 Å². The monoisotopic (exact) mass is 350 g/mol. The van der Waals surface area contributed by atoms with Gasteiger partial charge in [0.2, 0.25) is 0 Å². The first kappa shape index (κ1) is 13.2. The number of halogens is 1. The zero-order valence-corrected chi connectivity index (χ0v) is 11.6. The fraction of sp³-hybridized carbons (Fsp3) is 0.200. The summed E-state index contributed by atoms with van der Waals surface area (Å²) in [5.74, 6) is -0.331. The molecule has 6 heteroatoms. The van der Waals surface area contributed by atoms with Crippen LogP contribution in [0, 0.1) is 3.57 Å². The summed E-state index contributed by atoms with van der Waals surface area (Å²) in [6.07, 6.45) is 0. The molecule has 0 amide bonds. The van der Waals surface area contributed by atoms with Gasteiger partial charge in [0, 0.05) is 3.57 Å². The minimum absolute atomic E-state index is 0.196. The molecule has 16 heavy (non-hydrogen) atoms. The molecular formula is C10H11IN2O2S. The minimum Gasteiger partial charge on any atom is -0.462 e. The predicted octanol–water partition coefficient (Wildman–Crippen LogP) is 2.12. The van der Waals surface area contributed by atoms with Crippen molar-refractivity contribution in [3.63, 3.8) is 0 Å². The van der Waals surface area contributed by atoms with Crippen molar-refractivity contribution in [3.05, 3.63) is 27.3 Å². The van der Waals surface area contributed by atoms with Gasteiger partial charge in [0.15, 0.2) is 5.11 Å². The molecule has 0 saturated heterocycles. The zero-order chi connectivity index (χ0) is 12.1. The van der Waals surface area contributed by atoms with Crippen molar-refractivity contribution in [2.45, 2.75) is 6.92 Å². The Labute approximate surface area is 113 Å². The van der Waals surface area contributed by atoms with Crippen molar-refractivity contribution in [2.24, 2.45) is 5.73 Å². The molecule has 0 atom stereocenters. The van der Waals surface area contributed by atoms with E-state index in [1.165, 1.54) is 0 Å². The van der Waals surface area contributed by atoms with Gasteiger partial charge in [-0.05, 0) is 59.9 Å². The number of nitrogens with two attached hydrogens (primary N) is 1. The average molecular weight is 350 g/mol. The molecule has 1 aromatic rings. The van der Waals surface area contributed by atoms with Gasteiger partial charge in [-0.3, -0.25) is 0 Å². The fourth-order valence-electron chi connectivity index (χ4n) is 1.09. The third-order valence-electron chi connectivity index (χ3n) is 1.74. The number of carbonyl (C=O) groups is 1. The van der Waals surface area contributed by atoms with Gasteiger partial charge in [-0.2, -0.15) is 0 Å². The summed E-state index contributed by atoms with van der Waals surface area (Å²) < 4.78 is 5.75. The largest absolute Gasteiger partial charge is 0.462 e. The molecule has 0 aliphatic carbocycles. The molecule has 0 fully saturated rings. The van der Waals surface area contributed by atoms with Gasteiger partial charge >= 0.3 is 5.97 Å². The Balaban J connectivity index is 2.90. The SMILES string of the molecule is CCOC(=O)c1ccc(NC(N)=S)c(I)c1. The fourth-order valence-corrected chi connectivity index (χ4v) is 1.85. The molecule has 1 aromatic carbocycles. The van der Waals surface area contributed by atoms with E-state index in [0.717, 1.165) is 9.26 Å². The lowest BCUT2D eigenvalue weighted by atomic mass is 10.2. The van der Waals surface area contributed by atoms with Gasteiger partial charge in [0.05, 0.1) is 17.9 Å². The van der Waals surface area contributed by atoms with Crippen LogP contribution in [0.25, 0.3) is 0 Å². The lowest BCUT2D eigenvalue weighted by molar-refractivity contribution is 0.0526. The first-order chi connectivity index (χ1) is 7.54. The van der Waals surface area contributed by atoms with Crippen molar-refractivity contribution in [1.29, 1.82) is 0 Å². The van der Waals surface area contributed by atoms with E-state index in [4.69, 9.17) is 22.7 Å². The summed E-state index contributed by atoms with van der Waals surface area (Å²) in [6.45, 7) is 2.13. The Morgan fingerprint density at radius 2 is 2.31 bits per heavy atom. The number of thiocarbonyl (C=S) groups is 1. The van der Waals surface area contributed by atoms with E-state index >= 15 is 0 Å². The Morgan fingerprint density at radius 3 is 2.81 bits per heavy atom. The molecule has 1 rings (SSSR count). The number of carbonyl (C=O) groups excluding carboxylic acids is 1. The average Bonchev–Trinajstić information content (AvgIpc) is 2.20. The van der Waals surface area contributed by atoms with Crippen LogP contribution in [-0.2, 0) is 4.74 Å². The topological polar surface area (TPSA) is 64.3 Å². The lowest BCUT2D eigenvalue weighted by Crippen LogP contribution is -2.19. The van der Waals surface area contributed by atoms with Gasteiger partial charge < -0.3 is 15.8 Å². The third-order valence-corrected chi connectivity index (χ3v) is 2.73. The second-order valence-corrected chi connectivity index (χ2v) is 4.51. The standard InChI is InChI=1S/C10H11IN2O2S/c1-2-15-9(14)6-3-4-8(7(11)5-6)13-10(12)16/h3-5H,2H2,1H3,(H3,12,13,16). The summed E-state index contributed by atoms with van der Waals surface area (Å²) >= 11 is 6.83. The molecule has 0 heterocycles. The van der Waals surface area contributed by atoms with Crippen molar-refractivity contribution < 1.29 is 9.53 Å². The smallest absolute Gasteiger partial charge is 0.338 e. The highest BCUT2D eigenvalue weighted by atomic mass is 127. The molecule has 4 nitrogen and oxygen atoms in total. The van der Waals surface area contributed by atoms with E-state index in [2.05, 4.69) is 27.9 Å². The van der Waals surface area contributed by atoms with Gasteiger partial charge in [0.25, 0.3) is 0 Å². The van der Waals surface area contributed by atoms with Crippen LogP contribution in [0.3, 0.4) is 0 Å². The molecular weight excluding hydrogens is 339 g/mol. The Bertz CT molecular complexity index is 423. The van der Waals surface area contributed by atoms with Crippen LogP contribution >= 0.6 is 34.8 Å². The van der Waals surface area contributed by atoms with Crippen LogP contribution in [0.15, 0.2) is 18.2 Å². The summed E-state index contributed by atoms with van der Waals surface area (Å²) in [6, 6.07) is 5.13. The number of nitrogens with one attached hydrogen (secondary N) is 1. The van der Waals surface area contributed by atoms with Gasteiger partial charge in [-0.15, -0.1) is 0 Å². The number of benzene rings is 1. The van der Waals surface area contributed by atoms with E-state index in [1.54, 1.807) is 25.1 Å². The normalized spacial score (nSPS) is 9.62. The summed E-state index contributed by atoms with van der Waals surface area (Å²) in [4.78, 5) is 11.4. The Morgan fingerprint density at radius 1 is 1.62 bits per heavy atom. The van der Waals surface area contributed by atoms with Crippen LogP contribution in [0.4, 0.5) is 5.69 Å². The molecule has 0 saturated carbocycles. The molecule has 86 valence electrons. The zero-order valence-electron chi connectivity index (χ0n) is 8.62. The van der Waals surface area contributed by atoms with Crippen molar-refractivity contribution in [3.8, 4) is 0 Å². The Kier molecular flexibility index (Phi) is 4.94. The van der Waals surface area contributed by atoms with Crippen LogP contribution < -0.4 is 11.1 Å². The number of esters is 1. The molecule has 0 spiro atoms. The summed E-state index contributed by atoms with van der Waals surface area (Å²) in [5.41, 5.74) is 6.66. The minimum atomic E-state index is -0.331. The number of hydrogen-bond acceptors (Lipinski definition) is 3. The molecule has 0 unspecified atom stereocenters. The van der Waals surface area contributed by atoms with Gasteiger partial charge in [0.1, 0.15) is 0 Å². The van der Waals surface area contributed by atoms with E-state index in [1.807, 2.05) is 0 Å². The molecule has 0 aromatic heterocycles. The maximum atomic E-state index is 11.4. The maximum absolute atomic E-state index is 11.4. The first-order valence-electron chi connectivity index (χ1n) is 4.57. The quantitative estimate of drug-likeness (QED) is 0.497. The highest BCUT2D eigenvalue weighted by molar-refractivity contribution is 14.1. The number of hydrogen-bond donors (Lipinski definition) is 2. The predicted molar refractivity (Wildman–Crippen MR) is 75.5 cm³/mol. The molecule has 0 radical (unpaired) electrons. The first-order valence-corrected chi connectivity index (χ1v) is 6.06. The molecule has 0 aliphatic rings. The van der Waals surface area contributed by atoms with Crippen LogP contribution in [0.2, 0.25) is 0 Å². The Hall–Kier alpha value is -0.890. The second kappa shape index (κ2) is 6.00. The van der Waals surface area contributed by atoms with E-state index < -0.39 is 0 Å². The summed E-state index contributed by atoms with van der Waals surface area (Å²) in [5, 5.41) is 3.02.